The molecule has 1 aromatic rings. The molecule has 0 fully saturated rings. The van der Waals surface area contributed by atoms with Crippen LogP contribution < -0.4 is 4.31 Å². The SMILES string of the molecule is CN(C)S(=O)(=O)N(C)c1cc(CBr)cc(C(=O)OC(C)(C)C)c1. The second-order valence-electron chi connectivity index (χ2n) is 6.28. The van der Waals surface area contributed by atoms with Crippen molar-refractivity contribution in [3.05, 3.63) is 29.3 Å². The lowest BCUT2D eigenvalue weighted by molar-refractivity contribution is 0.00694. The van der Waals surface area contributed by atoms with E-state index in [1.165, 1.54) is 27.2 Å². The first-order chi connectivity index (χ1) is 10.4. The third-order valence-electron chi connectivity index (χ3n) is 2.94. The van der Waals surface area contributed by atoms with Gasteiger partial charge in [-0.2, -0.15) is 12.7 Å². The van der Waals surface area contributed by atoms with Crippen LogP contribution in [0.3, 0.4) is 0 Å². The molecule has 6 nitrogen and oxygen atoms in total. The summed E-state index contributed by atoms with van der Waals surface area (Å²) in [4.78, 5) is 12.3. The molecule has 0 aliphatic carbocycles. The highest BCUT2D eigenvalue weighted by Gasteiger charge is 2.24. The van der Waals surface area contributed by atoms with Crippen molar-refractivity contribution in [3.63, 3.8) is 0 Å². The summed E-state index contributed by atoms with van der Waals surface area (Å²) in [7, 11) is 0.719. The summed E-state index contributed by atoms with van der Waals surface area (Å²) >= 11 is 3.33. The number of nitrogens with zero attached hydrogens (tertiary/aromatic N) is 2. The van der Waals surface area contributed by atoms with Crippen molar-refractivity contribution in [2.75, 3.05) is 25.4 Å². The van der Waals surface area contributed by atoms with Gasteiger partial charge in [-0.3, -0.25) is 4.31 Å². The van der Waals surface area contributed by atoms with E-state index >= 15 is 0 Å². The zero-order chi connectivity index (χ0) is 18.0. The van der Waals surface area contributed by atoms with Crippen LogP contribution in [0, 0.1) is 0 Å². The molecule has 0 saturated carbocycles. The first kappa shape index (κ1) is 19.9. The summed E-state index contributed by atoms with van der Waals surface area (Å²) in [6.07, 6.45) is 0. The number of anilines is 1. The van der Waals surface area contributed by atoms with Crippen LogP contribution in [0.4, 0.5) is 5.69 Å². The summed E-state index contributed by atoms with van der Waals surface area (Å²) in [6.45, 7) is 5.34. The molecule has 1 rings (SSSR count). The molecule has 0 radical (unpaired) electrons. The molecule has 0 saturated heterocycles. The van der Waals surface area contributed by atoms with Crippen LogP contribution in [-0.2, 0) is 20.3 Å². The standard InChI is InChI=1S/C15H23BrN2O4S/c1-15(2,3)22-14(19)12-7-11(10-16)8-13(9-12)18(6)23(20,21)17(4)5/h7-9H,10H2,1-6H3. The minimum Gasteiger partial charge on any atom is -0.456 e. The molecule has 0 unspecified atom stereocenters. The molecule has 1 aromatic carbocycles. The molecular formula is C15H23BrN2O4S. The summed E-state index contributed by atoms with van der Waals surface area (Å²) in [6, 6.07) is 4.91. The summed E-state index contributed by atoms with van der Waals surface area (Å²) in [5.41, 5.74) is 0.872. The van der Waals surface area contributed by atoms with Crippen molar-refractivity contribution in [3.8, 4) is 0 Å². The molecule has 0 spiro atoms. The first-order valence-corrected chi connectivity index (χ1v) is 9.50. The van der Waals surface area contributed by atoms with E-state index in [-0.39, 0.29) is 0 Å². The number of halogens is 1. The molecule has 23 heavy (non-hydrogen) atoms. The Hall–Kier alpha value is -1.12. The number of alkyl halides is 1. The van der Waals surface area contributed by atoms with Gasteiger partial charge in [0.15, 0.2) is 0 Å². The molecule has 130 valence electrons. The van der Waals surface area contributed by atoms with Crippen molar-refractivity contribution >= 4 is 37.8 Å². The van der Waals surface area contributed by atoms with Gasteiger partial charge in [0.1, 0.15) is 5.60 Å². The fourth-order valence-corrected chi connectivity index (χ4v) is 2.95. The fourth-order valence-electron chi connectivity index (χ4n) is 1.77. The monoisotopic (exact) mass is 406 g/mol. The molecule has 0 N–H and O–H groups in total. The highest BCUT2D eigenvalue weighted by atomic mass is 79.9. The Balaban J connectivity index is 3.31. The summed E-state index contributed by atoms with van der Waals surface area (Å²) in [5, 5.41) is 0.493. The van der Waals surface area contributed by atoms with Gasteiger partial charge in [0.25, 0.3) is 0 Å². The molecule has 0 atom stereocenters. The van der Waals surface area contributed by atoms with E-state index < -0.39 is 21.8 Å². The van der Waals surface area contributed by atoms with Crippen LogP contribution in [-0.4, -0.2) is 45.4 Å². The van der Waals surface area contributed by atoms with Crippen LogP contribution in [0.15, 0.2) is 18.2 Å². The van der Waals surface area contributed by atoms with Crippen molar-refractivity contribution in [2.24, 2.45) is 0 Å². The topological polar surface area (TPSA) is 66.9 Å². The first-order valence-electron chi connectivity index (χ1n) is 6.98. The highest BCUT2D eigenvalue weighted by Crippen LogP contribution is 2.24. The van der Waals surface area contributed by atoms with Crippen molar-refractivity contribution in [2.45, 2.75) is 31.7 Å². The van der Waals surface area contributed by atoms with E-state index in [0.29, 0.717) is 16.6 Å². The smallest absolute Gasteiger partial charge is 0.338 e. The number of ether oxygens (including phenoxy) is 1. The van der Waals surface area contributed by atoms with Crippen LogP contribution in [0.2, 0.25) is 0 Å². The van der Waals surface area contributed by atoms with Gasteiger partial charge in [0, 0.05) is 26.5 Å². The molecule has 0 aliphatic rings. The third kappa shape index (κ3) is 5.19. The fraction of sp³-hybridized carbons (Fsp3) is 0.533. The largest absolute Gasteiger partial charge is 0.456 e. The molecule has 0 bridgehead atoms. The minimum atomic E-state index is -3.63. The molecule has 0 heterocycles. The average Bonchev–Trinajstić information content (AvgIpc) is 2.43. The normalized spacial score (nSPS) is 12.3. The molecule has 8 heteroatoms. The minimum absolute atomic E-state index is 0.313. The Bertz CT molecular complexity index is 681. The molecular weight excluding hydrogens is 384 g/mol. The molecule has 0 aliphatic heterocycles. The number of hydrogen-bond donors (Lipinski definition) is 0. The number of esters is 1. The van der Waals surface area contributed by atoms with Crippen molar-refractivity contribution in [1.82, 2.24) is 4.31 Å². The highest BCUT2D eigenvalue weighted by molar-refractivity contribution is 9.08. The van der Waals surface area contributed by atoms with Crippen molar-refractivity contribution < 1.29 is 17.9 Å². The van der Waals surface area contributed by atoms with Gasteiger partial charge in [0.05, 0.1) is 11.3 Å². The Morgan fingerprint density at radius 2 is 1.74 bits per heavy atom. The lowest BCUT2D eigenvalue weighted by Crippen LogP contribution is -2.37. The maximum Gasteiger partial charge on any atom is 0.338 e. The third-order valence-corrected chi connectivity index (χ3v) is 5.41. The Morgan fingerprint density at radius 3 is 2.17 bits per heavy atom. The number of hydrogen-bond acceptors (Lipinski definition) is 4. The number of carbonyl (C=O) groups excluding carboxylic acids is 1. The second kappa shape index (κ2) is 7.19. The zero-order valence-electron chi connectivity index (χ0n) is 14.3. The molecule has 0 amide bonds. The molecule has 0 aromatic heterocycles. The predicted octanol–water partition coefficient (Wildman–Crippen LogP) is 2.78. The Morgan fingerprint density at radius 1 is 1.17 bits per heavy atom. The van der Waals surface area contributed by atoms with E-state index in [2.05, 4.69) is 15.9 Å². The Labute approximate surface area is 146 Å². The lowest BCUT2D eigenvalue weighted by Gasteiger charge is -2.25. The van der Waals surface area contributed by atoms with E-state index in [0.717, 1.165) is 14.2 Å². The second-order valence-corrected chi connectivity index (χ2v) is 9.02. The summed E-state index contributed by atoms with van der Waals surface area (Å²) < 4.78 is 32.1. The van der Waals surface area contributed by atoms with E-state index in [1.54, 1.807) is 32.9 Å². The van der Waals surface area contributed by atoms with Gasteiger partial charge in [-0.15, -0.1) is 0 Å². The number of rotatable bonds is 5. The van der Waals surface area contributed by atoms with E-state index in [4.69, 9.17) is 4.74 Å². The average molecular weight is 407 g/mol. The van der Waals surface area contributed by atoms with Gasteiger partial charge in [0.2, 0.25) is 0 Å². The van der Waals surface area contributed by atoms with Crippen molar-refractivity contribution in [1.29, 1.82) is 0 Å². The van der Waals surface area contributed by atoms with Crippen LogP contribution in [0.5, 0.6) is 0 Å². The summed E-state index contributed by atoms with van der Waals surface area (Å²) in [5.74, 6) is -0.489. The quantitative estimate of drug-likeness (QED) is 0.556. The number of carbonyl (C=O) groups is 1. The van der Waals surface area contributed by atoms with Gasteiger partial charge in [-0.1, -0.05) is 15.9 Å². The zero-order valence-corrected chi connectivity index (χ0v) is 16.7. The maximum absolute atomic E-state index is 12.3. The predicted molar refractivity (Wildman–Crippen MR) is 95.3 cm³/mol. The van der Waals surface area contributed by atoms with Gasteiger partial charge >= 0.3 is 16.2 Å². The maximum atomic E-state index is 12.3. The van der Waals surface area contributed by atoms with Gasteiger partial charge in [-0.25, -0.2) is 4.79 Å². The van der Waals surface area contributed by atoms with Gasteiger partial charge in [-0.05, 0) is 44.5 Å². The van der Waals surface area contributed by atoms with Crippen LogP contribution in [0.1, 0.15) is 36.7 Å². The Kier molecular flexibility index (Phi) is 6.23. The van der Waals surface area contributed by atoms with E-state index in [1.807, 2.05) is 0 Å². The van der Waals surface area contributed by atoms with Gasteiger partial charge < -0.3 is 4.74 Å². The number of benzene rings is 1. The van der Waals surface area contributed by atoms with Crippen LogP contribution >= 0.6 is 15.9 Å². The van der Waals surface area contributed by atoms with E-state index in [9.17, 15) is 13.2 Å². The van der Waals surface area contributed by atoms with Crippen LogP contribution in [0.25, 0.3) is 0 Å². The lowest BCUT2D eigenvalue weighted by atomic mass is 10.1.